The highest BCUT2D eigenvalue weighted by molar-refractivity contribution is 5.94. The van der Waals surface area contributed by atoms with E-state index in [1.54, 1.807) is 36.4 Å². The summed E-state index contributed by atoms with van der Waals surface area (Å²) < 4.78 is 7.67. The van der Waals surface area contributed by atoms with Crippen LogP contribution in [-0.2, 0) is 17.9 Å². The number of rotatable bonds is 8. The molecule has 0 fully saturated rings. The lowest BCUT2D eigenvalue weighted by Crippen LogP contribution is -2.28. The molecule has 0 spiro atoms. The lowest BCUT2D eigenvalue weighted by molar-refractivity contribution is -0.127. The Labute approximate surface area is 205 Å². The third-order valence-corrected chi connectivity index (χ3v) is 5.95. The molecule has 0 saturated carbocycles. The van der Waals surface area contributed by atoms with Crippen molar-refractivity contribution in [1.82, 2.24) is 14.8 Å². The largest absolute Gasteiger partial charge is 0.467 e. The van der Waals surface area contributed by atoms with Gasteiger partial charge >= 0.3 is 0 Å². The van der Waals surface area contributed by atoms with Gasteiger partial charge in [0.05, 0.1) is 12.8 Å². The van der Waals surface area contributed by atoms with Crippen LogP contribution in [0, 0.1) is 13.8 Å². The Kier molecular flexibility index (Phi) is 7.31. The van der Waals surface area contributed by atoms with Crippen LogP contribution >= 0.6 is 0 Å². The number of furan rings is 1. The van der Waals surface area contributed by atoms with Crippen molar-refractivity contribution < 1.29 is 14.0 Å². The van der Waals surface area contributed by atoms with E-state index in [1.807, 2.05) is 48.5 Å². The maximum absolute atomic E-state index is 13.3. The number of benzene rings is 2. The van der Waals surface area contributed by atoms with Crippen LogP contribution in [0.2, 0.25) is 0 Å². The molecular formula is C29H29N3O3. The number of nitrogens with zero attached hydrogens (tertiary/aromatic N) is 2. The molecule has 0 aliphatic rings. The predicted octanol–water partition coefficient (Wildman–Crippen LogP) is 5.29. The van der Waals surface area contributed by atoms with E-state index in [0.29, 0.717) is 24.4 Å². The van der Waals surface area contributed by atoms with Crippen LogP contribution in [0.15, 0.2) is 89.6 Å². The van der Waals surface area contributed by atoms with Gasteiger partial charge in [-0.1, -0.05) is 30.3 Å². The van der Waals surface area contributed by atoms with Crippen LogP contribution in [-0.4, -0.2) is 28.3 Å². The second-order valence-electron chi connectivity index (χ2n) is 8.38. The zero-order valence-corrected chi connectivity index (χ0v) is 20.2. The van der Waals surface area contributed by atoms with Crippen molar-refractivity contribution in [3.8, 4) is 5.69 Å². The van der Waals surface area contributed by atoms with Gasteiger partial charge in [-0.25, -0.2) is 0 Å². The van der Waals surface area contributed by atoms with Crippen LogP contribution in [0.5, 0.6) is 0 Å². The number of nitrogens with one attached hydrogen (secondary N) is 1. The van der Waals surface area contributed by atoms with Gasteiger partial charge in [0.15, 0.2) is 0 Å². The molecule has 0 aliphatic heterocycles. The van der Waals surface area contributed by atoms with Crippen molar-refractivity contribution >= 4 is 17.9 Å². The lowest BCUT2D eigenvalue weighted by Gasteiger charge is -2.20. The molecule has 0 saturated heterocycles. The number of aryl methyl sites for hydroxylation is 1. The number of amides is 2. The summed E-state index contributed by atoms with van der Waals surface area (Å²) in [6.07, 6.45) is 5.08. The number of hydrogen-bond acceptors (Lipinski definition) is 3. The summed E-state index contributed by atoms with van der Waals surface area (Å²) in [6.45, 7) is 4.85. The Hall–Kier alpha value is -4.32. The van der Waals surface area contributed by atoms with E-state index in [-0.39, 0.29) is 11.8 Å². The summed E-state index contributed by atoms with van der Waals surface area (Å²) in [7, 11) is 1.60. The predicted molar refractivity (Wildman–Crippen MR) is 137 cm³/mol. The van der Waals surface area contributed by atoms with Crippen molar-refractivity contribution in [2.45, 2.75) is 26.9 Å². The second kappa shape index (κ2) is 10.7. The Morgan fingerprint density at radius 2 is 1.71 bits per heavy atom. The quantitative estimate of drug-likeness (QED) is 0.358. The standard InChI is InChI=1S/C29H29N3O3/c1-21-18-25(22(2)32(21)26-8-5-4-6-9-26)15-16-28(33)31(20-27-10-7-17-35-27)19-23-11-13-24(14-12-23)29(34)30-3/h4-18H,19-20H2,1-3H3,(H,30,34)/b16-15+. The van der Waals surface area contributed by atoms with Gasteiger partial charge < -0.3 is 19.2 Å². The fourth-order valence-corrected chi connectivity index (χ4v) is 4.13. The van der Waals surface area contributed by atoms with E-state index in [0.717, 1.165) is 28.2 Å². The van der Waals surface area contributed by atoms with Gasteiger partial charge in [-0.2, -0.15) is 0 Å². The number of para-hydroxylation sites is 1. The molecule has 0 radical (unpaired) electrons. The molecule has 1 N–H and O–H groups in total. The molecule has 4 aromatic rings. The van der Waals surface area contributed by atoms with Gasteiger partial charge in [-0.3, -0.25) is 9.59 Å². The fourth-order valence-electron chi connectivity index (χ4n) is 4.13. The first-order chi connectivity index (χ1) is 17.0. The van der Waals surface area contributed by atoms with Gasteiger partial charge in [0, 0.05) is 42.3 Å². The molecule has 6 nitrogen and oxygen atoms in total. The van der Waals surface area contributed by atoms with Crippen LogP contribution in [0.3, 0.4) is 0 Å². The first kappa shape index (κ1) is 23.8. The molecule has 2 heterocycles. The van der Waals surface area contributed by atoms with E-state index >= 15 is 0 Å². The van der Waals surface area contributed by atoms with Crippen molar-refractivity contribution in [2.75, 3.05) is 7.05 Å². The van der Waals surface area contributed by atoms with Gasteiger partial charge in [0.1, 0.15) is 5.76 Å². The number of carbonyl (C=O) groups excluding carboxylic acids is 2. The average molecular weight is 468 g/mol. The molecule has 35 heavy (non-hydrogen) atoms. The Balaban J connectivity index is 1.55. The number of carbonyl (C=O) groups is 2. The van der Waals surface area contributed by atoms with E-state index in [1.165, 1.54) is 0 Å². The molecule has 0 unspecified atom stereocenters. The van der Waals surface area contributed by atoms with Crippen LogP contribution in [0.4, 0.5) is 0 Å². The third-order valence-electron chi connectivity index (χ3n) is 5.95. The Morgan fingerprint density at radius 1 is 0.971 bits per heavy atom. The minimum absolute atomic E-state index is 0.124. The SMILES string of the molecule is CNC(=O)c1ccc(CN(Cc2ccco2)C(=O)/C=C/c2cc(C)n(-c3ccccc3)c2C)cc1. The number of aromatic nitrogens is 1. The molecule has 178 valence electrons. The highest BCUT2D eigenvalue weighted by Crippen LogP contribution is 2.22. The van der Waals surface area contributed by atoms with Gasteiger partial charge in [0.2, 0.25) is 5.91 Å². The summed E-state index contributed by atoms with van der Waals surface area (Å²) in [5.41, 5.74) is 5.76. The molecule has 0 atom stereocenters. The van der Waals surface area contributed by atoms with Crippen molar-refractivity contribution in [3.63, 3.8) is 0 Å². The molecule has 2 aromatic carbocycles. The molecule has 2 amide bonds. The fraction of sp³-hybridized carbons (Fsp3) is 0.172. The van der Waals surface area contributed by atoms with Crippen molar-refractivity contribution in [1.29, 1.82) is 0 Å². The molecular weight excluding hydrogens is 438 g/mol. The summed E-state index contributed by atoms with van der Waals surface area (Å²) in [5.74, 6) is 0.438. The second-order valence-corrected chi connectivity index (χ2v) is 8.38. The minimum Gasteiger partial charge on any atom is -0.467 e. The number of hydrogen-bond donors (Lipinski definition) is 1. The minimum atomic E-state index is -0.142. The average Bonchev–Trinajstić information content (AvgIpc) is 3.49. The van der Waals surface area contributed by atoms with Gasteiger partial charge in [-0.15, -0.1) is 0 Å². The van der Waals surface area contributed by atoms with Crippen molar-refractivity contribution in [2.24, 2.45) is 0 Å². The Morgan fingerprint density at radius 3 is 2.37 bits per heavy atom. The lowest BCUT2D eigenvalue weighted by atomic mass is 10.1. The summed E-state index contributed by atoms with van der Waals surface area (Å²) in [6, 6.07) is 23.2. The monoisotopic (exact) mass is 467 g/mol. The zero-order chi connectivity index (χ0) is 24.8. The molecule has 4 rings (SSSR count). The van der Waals surface area contributed by atoms with Crippen molar-refractivity contribution in [3.05, 3.63) is 119 Å². The van der Waals surface area contributed by atoms with E-state index in [2.05, 4.69) is 41.9 Å². The van der Waals surface area contributed by atoms with E-state index in [4.69, 9.17) is 4.42 Å². The third kappa shape index (κ3) is 5.61. The Bertz CT molecular complexity index is 1320. The van der Waals surface area contributed by atoms with Crippen LogP contribution in [0.25, 0.3) is 11.8 Å². The molecule has 0 bridgehead atoms. The topological polar surface area (TPSA) is 67.5 Å². The summed E-state index contributed by atoms with van der Waals surface area (Å²) >= 11 is 0. The highest BCUT2D eigenvalue weighted by Gasteiger charge is 2.15. The van der Waals surface area contributed by atoms with E-state index < -0.39 is 0 Å². The van der Waals surface area contributed by atoms with Crippen LogP contribution in [0.1, 0.15) is 38.6 Å². The van der Waals surface area contributed by atoms with Crippen LogP contribution < -0.4 is 5.32 Å². The summed E-state index contributed by atoms with van der Waals surface area (Å²) in [4.78, 5) is 26.8. The first-order valence-corrected chi connectivity index (χ1v) is 11.5. The molecule has 6 heteroatoms. The smallest absolute Gasteiger partial charge is 0.251 e. The normalized spacial score (nSPS) is 11.1. The maximum Gasteiger partial charge on any atom is 0.251 e. The highest BCUT2D eigenvalue weighted by atomic mass is 16.3. The molecule has 2 aromatic heterocycles. The zero-order valence-electron chi connectivity index (χ0n) is 20.2. The first-order valence-electron chi connectivity index (χ1n) is 11.5. The van der Waals surface area contributed by atoms with Gasteiger partial charge in [-0.05, 0) is 73.5 Å². The molecule has 0 aliphatic carbocycles. The maximum atomic E-state index is 13.3. The van der Waals surface area contributed by atoms with E-state index in [9.17, 15) is 9.59 Å². The summed E-state index contributed by atoms with van der Waals surface area (Å²) in [5, 5.41) is 2.62. The van der Waals surface area contributed by atoms with Gasteiger partial charge in [0.25, 0.3) is 5.91 Å².